The normalized spacial score (nSPS) is 14.3. The van der Waals surface area contributed by atoms with Crippen LogP contribution in [-0.4, -0.2) is 28.8 Å². The number of nitrogens with zero attached hydrogens (tertiary/aromatic N) is 2. The number of carbonyl (C=O) groups excluding carboxylic acids is 1. The number of thioether (sulfide) groups is 1. The van der Waals surface area contributed by atoms with Crippen LogP contribution in [0.2, 0.25) is 0 Å². The molecule has 1 aliphatic rings. The number of hydrogen-bond acceptors (Lipinski definition) is 6. The first-order chi connectivity index (χ1) is 10.3. The maximum absolute atomic E-state index is 11.9. The summed E-state index contributed by atoms with van der Waals surface area (Å²) in [5.41, 5.74) is 0. The summed E-state index contributed by atoms with van der Waals surface area (Å²) in [7, 11) is 0. The van der Waals surface area contributed by atoms with Crippen molar-refractivity contribution >= 4 is 17.7 Å². The van der Waals surface area contributed by atoms with Crippen molar-refractivity contribution in [3.63, 3.8) is 0 Å². The highest BCUT2D eigenvalue weighted by atomic mass is 32.2. The van der Waals surface area contributed by atoms with Crippen LogP contribution in [0.4, 0.5) is 0 Å². The minimum absolute atomic E-state index is 0.218. The predicted octanol–water partition coefficient (Wildman–Crippen LogP) is 2.38. The van der Waals surface area contributed by atoms with Crippen LogP contribution in [0.3, 0.4) is 0 Å². The average Bonchev–Trinajstić information content (AvgIpc) is 3.04. The Balaban J connectivity index is 1.46. The molecule has 1 fully saturated rings. The van der Waals surface area contributed by atoms with E-state index in [2.05, 4.69) is 15.5 Å². The van der Waals surface area contributed by atoms with Gasteiger partial charge in [0.2, 0.25) is 5.89 Å². The zero-order valence-electron chi connectivity index (χ0n) is 11.8. The van der Waals surface area contributed by atoms with Crippen molar-refractivity contribution < 1.29 is 13.7 Å². The average molecular weight is 307 g/mol. The monoisotopic (exact) mass is 307 g/mol. The summed E-state index contributed by atoms with van der Waals surface area (Å²) in [5.74, 6) is 3.53. The smallest absolute Gasteiger partial charge is 0.287 e. The third-order valence-electron chi connectivity index (χ3n) is 3.22. The Bertz CT molecular complexity index is 619. The number of amides is 1. The number of hydrogen-bond donors (Lipinski definition) is 1. The van der Waals surface area contributed by atoms with Crippen molar-refractivity contribution in [1.29, 1.82) is 0 Å². The van der Waals surface area contributed by atoms with Gasteiger partial charge in [-0.3, -0.25) is 4.79 Å². The quantitative estimate of drug-likeness (QED) is 0.846. The molecule has 2 aromatic rings. The highest BCUT2D eigenvalue weighted by Crippen LogP contribution is 2.38. The SMILES string of the molecule is CSCc1ccc(C(=O)NCCc2nc(C3CC3)no2)o1. The van der Waals surface area contributed by atoms with Gasteiger partial charge in [-0.1, -0.05) is 5.16 Å². The number of aromatic nitrogens is 2. The molecule has 1 aliphatic carbocycles. The highest BCUT2D eigenvalue weighted by Gasteiger charge is 2.28. The third-order valence-corrected chi connectivity index (χ3v) is 3.80. The van der Waals surface area contributed by atoms with Crippen molar-refractivity contribution in [2.75, 3.05) is 12.8 Å². The van der Waals surface area contributed by atoms with Gasteiger partial charge >= 0.3 is 0 Å². The van der Waals surface area contributed by atoms with Crippen LogP contribution in [0.1, 0.15) is 46.8 Å². The van der Waals surface area contributed by atoms with Gasteiger partial charge in [-0.2, -0.15) is 16.7 Å². The zero-order valence-corrected chi connectivity index (χ0v) is 12.6. The van der Waals surface area contributed by atoms with E-state index in [1.807, 2.05) is 12.3 Å². The summed E-state index contributed by atoms with van der Waals surface area (Å²) >= 11 is 1.65. The summed E-state index contributed by atoms with van der Waals surface area (Å²) in [6.07, 6.45) is 4.81. The van der Waals surface area contributed by atoms with Gasteiger partial charge in [0, 0.05) is 18.9 Å². The molecular weight excluding hydrogens is 290 g/mol. The molecule has 1 saturated carbocycles. The molecule has 0 aliphatic heterocycles. The molecule has 6 nitrogen and oxygen atoms in total. The standard InChI is InChI=1S/C14H17N3O3S/c1-21-8-10-4-5-11(19-10)14(18)15-7-6-12-16-13(17-20-12)9-2-3-9/h4-5,9H,2-3,6-8H2,1H3,(H,15,18). The van der Waals surface area contributed by atoms with Crippen LogP contribution in [0, 0.1) is 0 Å². The lowest BCUT2D eigenvalue weighted by atomic mass is 10.3. The van der Waals surface area contributed by atoms with Gasteiger partial charge in [0.05, 0.1) is 5.75 Å². The van der Waals surface area contributed by atoms with Gasteiger partial charge in [0.25, 0.3) is 5.91 Å². The minimum atomic E-state index is -0.218. The Hall–Kier alpha value is -1.76. The maximum Gasteiger partial charge on any atom is 0.287 e. The van der Waals surface area contributed by atoms with Gasteiger partial charge in [0.15, 0.2) is 11.6 Å². The van der Waals surface area contributed by atoms with Crippen LogP contribution in [-0.2, 0) is 12.2 Å². The summed E-state index contributed by atoms with van der Waals surface area (Å²) < 4.78 is 10.6. The summed E-state index contributed by atoms with van der Waals surface area (Å²) in [5, 5.41) is 6.73. The fraction of sp³-hybridized carbons (Fsp3) is 0.500. The van der Waals surface area contributed by atoms with Crippen molar-refractivity contribution in [3.8, 4) is 0 Å². The van der Waals surface area contributed by atoms with Gasteiger partial charge in [-0.15, -0.1) is 0 Å². The van der Waals surface area contributed by atoms with E-state index in [-0.39, 0.29) is 5.91 Å². The Labute approximate surface area is 126 Å². The fourth-order valence-corrected chi connectivity index (χ4v) is 2.41. The van der Waals surface area contributed by atoms with Gasteiger partial charge < -0.3 is 14.3 Å². The molecule has 0 radical (unpaired) electrons. The van der Waals surface area contributed by atoms with Crippen molar-refractivity contribution in [3.05, 3.63) is 35.4 Å². The molecule has 0 unspecified atom stereocenters. The molecule has 0 aromatic carbocycles. The van der Waals surface area contributed by atoms with Crippen LogP contribution in [0.25, 0.3) is 0 Å². The molecular formula is C14H17N3O3S. The van der Waals surface area contributed by atoms with Crippen LogP contribution < -0.4 is 5.32 Å². The molecule has 7 heteroatoms. The van der Waals surface area contributed by atoms with Gasteiger partial charge in [-0.25, -0.2) is 0 Å². The Morgan fingerprint density at radius 1 is 1.48 bits per heavy atom. The van der Waals surface area contributed by atoms with Crippen molar-refractivity contribution in [2.45, 2.75) is 30.9 Å². The molecule has 2 heterocycles. The molecule has 0 bridgehead atoms. The van der Waals surface area contributed by atoms with E-state index in [0.717, 1.165) is 30.2 Å². The topological polar surface area (TPSA) is 81.2 Å². The lowest BCUT2D eigenvalue weighted by Gasteiger charge is -2.00. The zero-order chi connectivity index (χ0) is 14.7. The largest absolute Gasteiger partial charge is 0.455 e. The number of rotatable bonds is 7. The molecule has 3 rings (SSSR count). The highest BCUT2D eigenvalue weighted by molar-refractivity contribution is 7.97. The first-order valence-corrected chi connectivity index (χ1v) is 8.34. The second-order valence-electron chi connectivity index (χ2n) is 5.03. The Morgan fingerprint density at radius 2 is 2.33 bits per heavy atom. The van der Waals surface area contributed by atoms with Crippen LogP contribution in [0.15, 0.2) is 21.1 Å². The summed E-state index contributed by atoms with van der Waals surface area (Å²) in [4.78, 5) is 16.2. The second kappa shape index (κ2) is 6.34. The van der Waals surface area contributed by atoms with E-state index in [1.54, 1.807) is 17.8 Å². The maximum atomic E-state index is 11.9. The van der Waals surface area contributed by atoms with E-state index in [9.17, 15) is 4.79 Å². The molecule has 21 heavy (non-hydrogen) atoms. The lowest BCUT2D eigenvalue weighted by molar-refractivity contribution is 0.0924. The van der Waals surface area contributed by atoms with E-state index in [0.29, 0.717) is 30.5 Å². The number of nitrogens with one attached hydrogen (secondary N) is 1. The molecule has 0 spiro atoms. The second-order valence-corrected chi connectivity index (χ2v) is 5.89. The molecule has 0 atom stereocenters. The minimum Gasteiger partial charge on any atom is -0.455 e. The molecule has 0 saturated heterocycles. The van der Waals surface area contributed by atoms with Gasteiger partial charge in [0.1, 0.15) is 5.76 Å². The van der Waals surface area contributed by atoms with Crippen molar-refractivity contribution in [1.82, 2.24) is 15.5 Å². The van der Waals surface area contributed by atoms with Crippen molar-refractivity contribution in [2.24, 2.45) is 0 Å². The predicted molar refractivity (Wildman–Crippen MR) is 78.2 cm³/mol. The van der Waals surface area contributed by atoms with Crippen LogP contribution >= 0.6 is 11.8 Å². The van der Waals surface area contributed by atoms with E-state index < -0.39 is 0 Å². The number of carbonyl (C=O) groups is 1. The molecule has 2 aromatic heterocycles. The Morgan fingerprint density at radius 3 is 3.10 bits per heavy atom. The number of furan rings is 1. The lowest BCUT2D eigenvalue weighted by Crippen LogP contribution is -2.25. The summed E-state index contributed by atoms with van der Waals surface area (Å²) in [6.45, 7) is 0.448. The van der Waals surface area contributed by atoms with Gasteiger partial charge in [-0.05, 0) is 31.2 Å². The Kier molecular flexibility index (Phi) is 4.28. The molecule has 112 valence electrons. The summed E-state index contributed by atoms with van der Waals surface area (Å²) in [6, 6.07) is 3.52. The molecule has 1 amide bonds. The third kappa shape index (κ3) is 3.66. The first kappa shape index (κ1) is 14.2. The molecule has 1 N–H and O–H groups in total. The first-order valence-electron chi connectivity index (χ1n) is 6.94. The van der Waals surface area contributed by atoms with Crippen LogP contribution in [0.5, 0.6) is 0 Å². The van der Waals surface area contributed by atoms with E-state index >= 15 is 0 Å². The fourth-order valence-electron chi connectivity index (χ4n) is 1.97. The van der Waals surface area contributed by atoms with E-state index in [1.165, 1.54) is 0 Å². The van der Waals surface area contributed by atoms with E-state index in [4.69, 9.17) is 8.94 Å².